The number of nitrogens with one attached hydrogen (secondary N) is 1. The van der Waals surface area contributed by atoms with Crippen LogP contribution < -0.4 is 5.32 Å². The van der Waals surface area contributed by atoms with Gasteiger partial charge in [0, 0.05) is 36.9 Å². The fourth-order valence-electron chi connectivity index (χ4n) is 5.88. The van der Waals surface area contributed by atoms with E-state index in [-0.39, 0.29) is 0 Å². The molecule has 0 bridgehead atoms. The molecule has 0 amide bonds. The highest BCUT2D eigenvalue weighted by atomic mass is 32.1. The second kappa shape index (κ2) is 9.37. The summed E-state index contributed by atoms with van der Waals surface area (Å²) in [7, 11) is 0. The van der Waals surface area contributed by atoms with Crippen LogP contribution in [0.4, 0.5) is 11.4 Å². The van der Waals surface area contributed by atoms with Gasteiger partial charge in [-0.15, -0.1) is 11.3 Å². The van der Waals surface area contributed by atoms with Crippen molar-refractivity contribution < 1.29 is 0 Å². The monoisotopic (exact) mass is 527 g/mol. The molecule has 1 nitrogen and oxygen atoms in total. The van der Waals surface area contributed by atoms with E-state index in [1.165, 1.54) is 64.0 Å². The van der Waals surface area contributed by atoms with E-state index in [0.717, 1.165) is 11.4 Å². The van der Waals surface area contributed by atoms with E-state index in [9.17, 15) is 0 Å². The SMILES string of the molecule is c1ccc(-c2ccc(Nc3ccc(-c4ccc5sc6c7ccccc7c7ccccc7c6c5c4)cc3)cc2)cc1. The largest absolute Gasteiger partial charge is 0.356 e. The topological polar surface area (TPSA) is 12.0 Å². The molecule has 0 aliphatic rings. The van der Waals surface area contributed by atoms with Gasteiger partial charge in [-0.05, 0) is 74.8 Å². The van der Waals surface area contributed by atoms with Crippen molar-refractivity contribution >= 4 is 64.4 Å². The van der Waals surface area contributed by atoms with E-state index < -0.39 is 0 Å². The Morgan fingerprint density at radius 3 is 1.55 bits per heavy atom. The summed E-state index contributed by atoms with van der Waals surface area (Å²) in [6, 6.07) is 52.4. The van der Waals surface area contributed by atoms with E-state index >= 15 is 0 Å². The third kappa shape index (κ3) is 3.85. The summed E-state index contributed by atoms with van der Waals surface area (Å²) in [6.45, 7) is 0. The van der Waals surface area contributed by atoms with Gasteiger partial charge < -0.3 is 5.32 Å². The fourth-order valence-corrected chi connectivity index (χ4v) is 7.11. The molecule has 8 rings (SSSR count). The van der Waals surface area contributed by atoms with Crippen LogP contribution in [0.15, 0.2) is 146 Å². The molecule has 1 aromatic heterocycles. The van der Waals surface area contributed by atoms with Crippen molar-refractivity contribution in [1.29, 1.82) is 0 Å². The number of fused-ring (bicyclic) bond motifs is 8. The Bertz CT molecular complexity index is 2160. The molecule has 0 radical (unpaired) electrons. The molecule has 0 spiro atoms. The Hall–Kier alpha value is -4.92. The molecule has 7 aromatic carbocycles. The Balaban J connectivity index is 1.15. The van der Waals surface area contributed by atoms with Crippen LogP contribution in [-0.4, -0.2) is 0 Å². The summed E-state index contributed by atoms with van der Waals surface area (Å²) < 4.78 is 2.71. The van der Waals surface area contributed by atoms with Crippen LogP contribution in [0.1, 0.15) is 0 Å². The second-order valence-electron chi connectivity index (χ2n) is 10.3. The van der Waals surface area contributed by atoms with Gasteiger partial charge in [-0.2, -0.15) is 0 Å². The summed E-state index contributed by atoms with van der Waals surface area (Å²) in [4.78, 5) is 0. The average Bonchev–Trinajstić information content (AvgIpc) is 3.42. The molecular formula is C38H25NS. The maximum absolute atomic E-state index is 3.55. The Labute approximate surface area is 237 Å². The Morgan fingerprint density at radius 2 is 0.875 bits per heavy atom. The standard InChI is InChI=1S/C38H25NS/c1-2-8-25(9-3-1)26-14-19-29(20-15-26)39-30-21-16-27(17-22-30)28-18-23-36-35(24-28)37-33-12-6-4-10-31(33)32-11-5-7-13-34(32)38(37)40-36/h1-24,39H. The molecule has 188 valence electrons. The van der Waals surface area contributed by atoms with Crippen molar-refractivity contribution in [2.45, 2.75) is 0 Å². The van der Waals surface area contributed by atoms with Gasteiger partial charge in [-0.25, -0.2) is 0 Å². The highest BCUT2D eigenvalue weighted by Crippen LogP contribution is 2.44. The molecule has 0 saturated heterocycles. The van der Waals surface area contributed by atoms with Crippen molar-refractivity contribution in [3.63, 3.8) is 0 Å². The number of anilines is 2. The first kappa shape index (κ1) is 23.0. The summed E-state index contributed by atoms with van der Waals surface area (Å²) >= 11 is 1.90. The van der Waals surface area contributed by atoms with Crippen LogP contribution in [0, 0.1) is 0 Å². The summed E-state index contributed by atoms with van der Waals surface area (Å²) in [6.07, 6.45) is 0. The molecular weight excluding hydrogens is 502 g/mol. The molecule has 0 atom stereocenters. The zero-order chi connectivity index (χ0) is 26.5. The van der Waals surface area contributed by atoms with Gasteiger partial charge in [0.1, 0.15) is 0 Å². The van der Waals surface area contributed by atoms with Gasteiger partial charge in [0.25, 0.3) is 0 Å². The number of thiophene rings is 1. The number of hydrogen-bond acceptors (Lipinski definition) is 2. The van der Waals surface area contributed by atoms with E-state index in [1.54, 1.807) is 0 Å². The minimum Gasteiger partial charge on any atom is -0.356 e. The lowest BCUT2D eigenvalue weighted by Gasteiger charge is -2.10. The van der Waals surface area contributed by atoms with Gasteiger partial charge in [0.2, 0.25) is 0 Å². The first-order valence-electron chi connectivity index (χ1n) is 13.6. The third-order valence-corrected chi connectivity index (χ3v) is 9.05. The van der Waals surface area contributed by atoms with Crippen molar-refractivity contribution in [3.8, 4) is 22.3 Å². The van der Waals surface area contributed by atoms with Crippen LogP contribution in [0.25, 0.3) is 64.0 Å². The maximum atomic E-state index is 3.55. The van der Waals surface area contributed by atoms with Crippen LogP contribution in [0.3, 0.4) is 0 Å². The van der Waals surface area contributed by atoms with Gasteiger partial charge in [0.15, 0.2) is 0 Å². The zero-order valence-corrected chi connectivity index (χ0v) is 22.6. The first-order chi connectivity index (χ1) is 19.8. The van der Waals surface area contributed by atoms with E-state index in [0.29, 0.717) is 0 Å². The normalized spacial score (nSPS) is 11.5. The molecule has 0 fully saturated rings. The fraction of sp³-hybridized carbons (Fsp3) is 0. The molecule has 0 saturated carbocycles. The lowest BCUT2D eigenvalue weighted by molar-refractivity contribution is 1.54. The Kier molecular flexibility index (Phi) is 5.39. The van der Waals surface area contributed by atoms with Gasteiger partial charge in [-0.1, -0.05) is 109 Å². The van der Waals surface area contributed by atoms with E-state index in [2.05, 4.69) is 145 Å². The lowest BCUT2D eigenvalue weighted by atomic mass is 9.96. The molecule has 1 heterocycles. The van der Waals surface area contributed by atoms with Crippen LogP contribution in [0.5, 0.6) is 0 Å². The minimum absolute atomic E-state index is 1.08. The van der Waals surface area contributed by atoms with E-state index in [1.807, 2.05) is 17.4 Å². The smallest absolute Gasteiger partial charge is 0.0440 e. The summed E-state index contributed by atoms with van der Waals surface area (Å²) in [5.74, 6) is 0. The van der Waals surface area contributed by atoms with Crippen molar-refractivity contribution in [3.05, 3.63) is 146 Å². The van der Waals surface area contributed by atoms with Crippen molar-refractivity contribution in [1.82, 2.24) is 0 Å². The molecule has 2 heteroatoms. The van der Waals surface area contributed by atoms with E-state index in [4.69, 9.17) is 0 Å². The number of rotatable bonds is 4. The molecule has 0 aliphatic carbocycles. The van der Waals surface area contributed by atoms with Gasteiger partial charge in [0.05, 0.1) is 0 Å². The first-order valence-corrected chi connectivity index (χ1v) is 14.4. The quantitative estimate of drug-likeness (QED) is 0.224. The molecule has 40 heavy (non-hydrogen) atoms. The molecule has 1 N–H and O–H groups in total. The van der Waals surface area contributed by atoms with Gasteiger partial charge >= 0.3 is 0 Å². The average molecular weight is 528 g/mol. The summed E-state index contributed by atoms with van der Waals surface area (Å²) in [5, 5.41) is 11.6. The molecule has 8 aromatic rings. The number of hydrogen-bond donors (Lipinski definition) is 1. The summed E-state index contributed by atoms with van der Waals surface area (Å²) in [5.41, 5.74) is 7.07. The van der Waals surface area contributed by atoms with Crippen LogP contribution in [0.2, 0.25) is 0 Å². The van der Waals surface area contributed by atoms with Crippen molar-refractivity contribution in [2.75, 3.05) is 5.32 Å². The lowest BCUT2D eigenvalue weighted by Crippen LogP contribution is -1.90. The molecule has 0 aliphatic heterocycles. The highest BCUT2D eigenvalue weighted by molar-refractivity contribution is 7.27. The van der Waals surface area contributed by atoms with Crippen molar-refractivity contribution in [2.24, 2.45) is 0 Å². The van der Waals surface area contributed by atoms with Crippen LogP contribution in [-0.2, 0) is 0 Å². The maximum Gasteiger partial charge on any atom is 0.0440 e. The minimum atomic E-state index is 1.08. The number of benzene rings is 7. The highest BCUT2D eigenvalue weighted by Gasteiger charge is 2.14. The molecule has 0 unspecified atom stereocenters. The third-order valence-electron chi connectivity index (χ3n) is 7.85. The van der Waals surface area contributed by atoms with Gasteiger partial charge in [-0.3, -0.25) is 0 Å². The predicted octanol–water partition coefficient (Wildman–Crippen LogP) is 11.4. The second-order valence-corrected chi connectivity index (χ2v) is 11.3. The predicted molar refractivity (Wildman–Crippen MR) is 175 cm³/mol. The zero-order valence-electron chi connectivity index (χ0n) is 21.8. The van der Waals surface area contributed by atoms with Crippen LogP contribution >= 0.6 is 11.3 Å². The Morgan fingerprint density at radius 1 is 0.375 bits per heavy atom.